The molecule has 0 bridgehead atoms. The average molecular weight is 328 g/mol. The van der Waals surface area contributed by atoms with E-state index in [9.17, 15) is 4.79 Å². The highest BCUT2D eigenvalue weighted by molar-refractivity contribution is 14.1. The minimum Gasteiger partial charge on any atom is -0.444 e. The van der Waals surface area contributed by atoms with Crippen LogP contribution in [0.3, 0.4) is 0 Å². The molecule has 5 heteroatoms. The van der Waals surface area contributed by atoms with Crippen molar-refractivity contribution in [3.63, 3.8) is 0 Å². The summed E-state index contributed by atoms with van der Waals surface area (Å²) >= 11 is 2.03. The van der Waals surface area contributed by atoms with E-state index in [1.807, 2.05) is 52.9 Å². The summed E-state index contributed by atoms with van der Waals surface area (Å²) in [6.45, 7) is 0.272. The highest BCUT2D eigenvalue weighted by atomic mass is 127. The number of halogens is 1. The molecule has 0 atom stereocenters. The van der Waals surface area contributed by atoms with Gasteiger partial charge < -0.3 is 4.74 Å². The van der Waals surface area contributed by atoms with Crippen molar-refractivity contribution in [3.8, 4) is 0 Å². The zero-order valence-corrected chi connectivity index (χ0v) is 10.5. The lowest BCUT2D eigenvalue weighted by molar-refractivity contribution is 0.141. The van der Waals surface area contributed by atoms with Crippen LogP contribution in [0.15, 0.2) is 42.9 Å². The summed E-state index contributed by atoms with van der Waals surface area (Å²) in [7, 11) is 0. The summed E-state index contributed by atoms with van der Waals surface area (Å²) in [6, 6.07) is 9.55. The van der Waals surface area contributed by atoms with Gasteiger partial charge in [-0.2, -0.15) is 0 Å². The summed E-state index contributed by atoms with van der Waals surface area (Å²) in [6.07, 6.45) is 2.64. The number of aromatic nitrogens is 2. The molecular weight excluding hydrogens is 319 g/mol. The van der Waals surface area contributed by atoms with Crippen LogP contribution in [0.4, 0.5) is 4.79 Å². The van der Waals surface area contributed by atoms with Crippen LogP contribution in [0.1, 0.15) is 5.56 Å². The number of hydrogen-bond acceptors (Lipinski definition) is 3. The smallest absolute Gasteiger partial charge is 0.419 e. The fraction of sp³-hybridized carbons (Fsp3) is 0.0909. The minimum absolute atomic E-state index is 0.272. The molecule has 0 amide bonds. The number of imidazole rings is 1. The molecule has 1 aromatic carbocycles. The lowest BCUT2D eigenvalue weighted by Gasteiger charge is -2.04. The van der Waals surface area contributed by atoms with Crippen molar-refractivity contribution in [3.05, 3.63) is 52.1 Å². The molecule has 16 heavy (non-hydrogen) atoms. The van der Waals surface area contributed by atoms with Crippen molar-refractivity contribution in [2.24, 2.45) is 0 Å². The predicted molar refractivity (Wildman–Crippen MR) is 67.0 cm³/mol. The van der Waals surface area contributed by atoms with Crippen LogP contribution < -0.4 is 0 Å². The Hall–Kier alpha value is -1.37. The molecule has 0 fully saturated rings. The van der Waals surface area contributed by atoms with Crippen molar-refractivity contribution in [1.82, 2.24) is 9.55 Å². The Balaban J connectivity index is 1.94. The highest BCUT2D eigenvalue weighted by Gasteiger charge is 2.06. The van der Waals surface area contributed by atoms with Crippen LogP contribution in [0.2, 0.25) is 0 Å². The van der Waals surface area contributed by atoms with Crippen LogP contribution in [-0.4, -0.2) is 15.6 Å². The maximum atomic E-state index is 11.5. The van der Waals surface area contributed by atoms with Crippen LogP contribution in [-0.2, 0) is 11.3 Å². The SMILES string of the molecule is O=C(OCc1ccccc1)n1cnc(I)c1. The molecule has 0 spiro atoms. The number of benzene rings is 1. The number of carbonyl (C=O) groups is 1. The maximum Gasteiger partial charge on any atom is 0.419 e. The van der Waals surface area contributed by atoms with E-state index in [-0.39, 0.29) is 6.61 Å². The maximum absolute atomic E-state index is 11.5. The van der Waals surface area contributed by atoms with Crippen LogP contribution in [0.5, 0.6) is 0 Å². The molecule has 0 radical (unpaired) electrons. The molecule has 0 aliphatic carbocycles. The molecule has 4 nitrogen and oxygen atoms in total. The van der Waals surface area contributed by atoms with Gasteiger partial charge in [0.15, 0.2) is 0 Å². The fourth-order valence-corrected chi connectivity index (χ4v) is 1.62. The quantitative estimate of drug-likeness (QED) is 0.796. The van der Waals surface area contributed by atoms with E-state index in [2.05, 4.69) is 4.98 Å². The van der Waals surface area contributed by atoms with E-state index in [0.717, 1.165) is 9.26 Å². The van der Waals surface area contributed by atoms with E-state index in [4.69, 9.17) is 4.74 Å². The van der Waals surface area contributed by atoms with E-state index >= 15 is 0 Å². The van der Waals surface area contributed by atoms with Gasteiger partial charge in [-0.15, -0.1) is 0 Å². The van der Waals surface area contributed by atoms with Gasteiger partial charge in [0, 0.05) is 6.20 Å². The Kier molecular flexibility index (Phi) is 3.55. The van der Waals surface area contributed by atoms with E-state index in [1.54, 1.807) is 6.20 Å². The van der Waals surface area contributed by atoms with Gasteiger partial charge in [-0.25, -0.2) is 14.3 Å². The monoisotopic (exact) mass is 328 g/mol. The number of ether oxygens (including phenoxy) is 1. The number of hydrogen-bond donors (Lipinski definition) is 0. The molecule has 2 rings (SSSR count). The Labute approximate surface area is 106 Å². The molecule has 0 aliphatic rings. The first kappa shape index (κ1) is 11.1. The molecule has 82 valence electrons. The molecule has 0 saturated carbocycles. The molecule has 1 aromatic heterocycles. The Morgan fingerprint density at radius 3 is 2.75 bits per heavy atom. The number of carbonyl (C=O) groups excluding carboxylic acids is 1. The zero-order valence-electron chi connectivity index (χ0n) is 8.34. The van der Waals surface area contributed by atoms with Crippen molar-refractivity contribution in [1.29, 1.82) is 0 Å². The fourth-order valence-electron chi connectivity index (χ4n) is 1.19. The van der Waals surface area contributed by atoms with Gasteiger partial charge in [0.1, 0.15) is 16.6 Å². The third kappa shape index (κ3) is 2.82. The molecular formula is C11H9IN2O2. The second-order valence-corrected chi connectivity index (χ2v) is 4.25. The second kappa shape index (κ2) is 5.11. The van der Waals surface area contributed by atoms with Gasteiger partial charge in [-0.05, 0) is 28.2 Å². The summed E-state index contributed by atoms with van der Waals surface area (Å²) in [5.41, 5.74) is 0.964. The zero-order chi connectivity index (χ0) is 11.4. The largest absolute Gasteiger partial charge is 0.444 e. The molecule has 0 unspecified atom stereocenters. The van der Waals surface area contributed by atoms with Crippen LogP contribution in [0.25, 0.3) is 0 Å². The number of rotatable bonds is 2. The first-order valence-electron chi connectivity index (χ1n) is 4.66. The third-order valence-corrected chi connectivity index (χ3v) is 2.52. The minimum atomic E-state index is -0.417. The Morgan fingerprint density at radius 2 is 2.12 bits per heavy atom. The Bertz CT molecular complexity index is 482. The summed E-state index contributed by atoms with van der Waals surface area (Å²) < 4.78 is 7.19. The highest BCUT2D eigenvalue weighted by Crippen LogP contribution is 2.04. The molecule has 2 aromatic rings. The van der Waals surface area contributed by atoms with Crippen LogP contribution in [0, 0.1) is 3.70 Å². The van der Waals surface area contributed by atoms with E-state index < -0.39 is 6.09 Å². The summed E-state index contributed by atoms with van der Waals surface area (Å²) in [4.78, 5) is 15.5. The van der Waals surface area contributed by atoms with Gasteiger partial charge >= 0.3 is 6.09 Å². The molecule has 1 heterocycles. The summed E-state index contributed by atoms with van der Waals surface area (Å²) in [5, 5.41) is 0. The topological polar surface area (TPSA) is 44.1 Å². The average Bonchev–Trinajstić information content (AvgIpc) is 2.74. The van der Waals surface area contributed by atoms with Crippen molar-refractivity contribution >= 4 is 28.7 Å². The van der Waals surface area contributed by atoms with Crippen LogP contribution >= 0.6 is 22.6 Å². The lowest BCUT2D eigenvalue weighted by atomic mass is 10.2. The predicted octanol–water partition coefficient (Wildman–Crippen LogP) is 2.67. The second-order valence-electron chi connectivity index (χ2n) is 3.14. The number of nitrogens with zero attached hydrogens (tertiary/aromatic N) is 2. The van der Waals surface area contributed by atoms with Gasteiger partial charge in [0.2, 0.25) is 0 Å². The summed E-state index contributed by atoms with van der Waals surface area (Å²) in [5.74, 6) is 0. The first-order valence-corrected chi connectivity index (χ1v) is 5.74. The first-order chi connectivity index (χ1) is 7.75. The standard InChI is InChI=1S/C11H9IN2O2/c12-10-6-14(8-13-10)11(15)16-7-9-4-2-1-3-5-9/h1-6,8H,7H2. The molecule has 0 N–H and O–H groups in total. The van der Waals surface area contributed by atoms with E-state index in [0.29, 0.717) is 0 Å². The van der Waals surface area contributed by atoms with E-state index in [1.165, 1.54) is 10.9 Å². The molecule has 0 aliphatic heterocycles. The van der Waals surface area contributed by atoms with Gasteiger partial charge in [0.05, 0.1) is 0 Å². The molecule has 0 saturated heterocycles. The Morgan fingerprint density at radius 1 is 1.38 bits per heavy atom. The van der Waals surface area contributed by atoms with Gasteiger partial charge in [-0.3, -0.25) is 0 Å². The van der Waals surface area contributed by atoms with Gasteiger partial charge in [-0.1, -0.05) is 30.3 Å². The van der Waals surface area contributed by atoms with Crippen molar-refractivity contribution in [2.45, 2.75) is 6.61 Å². The van der Waals surface area contributed by atoms with Gasteiger partial charge in [0.25, 0.3) is 0 Å². The third-order valence-electron chi connectivity index (χ3n) is 1.97. The van der Waals surface area contributed by atoms with Crippen molar-refractivity contribution < 1.29 is 9.53 Å². The van der Waals surface area contributed by atoms with Crippen molar-refractivity contribution in [2.75, 3.05) is 0 Å². The normalized spacial score (nSPS) is 10.1. The lowest BCUT2D eigenvalue weighted by Crippen LogP contribution is -2.11.